The molecule has 0 radical (unpaired) electrons. The van der Waals surface area contributed by atoms with Gasteiger partial charge in [0.15, 0.2) is 0 Å². The van der Waals surface area contributed by atoms with Crippen LogP contribution in [0.15, 0.2) is 4.52 Å². The molecule has 1 saturated heterocycles. The highest BCUT2D eigenvalue weighted by Gasteiger charge is 2.23. The van der Waals surface area contributed by atoms with E-state index in [0.717, 1.165) is 25.8 Å². The highest BCUT2D eigenvalue weighted by Crippen LogP contribution is 2.20. The van der Waals surface area contributed by atoms with Crippen LogP contribution in [-0.4, -0.2) is 29.1 Å². The van der Waals surface area contributed by atoms with Crippen molar-refractivity contribution in [2.75, 3.05) is 13.1 Å². The Morgan fingerprint density at radius 2 is 2.56 bits per heavy atom. The molecule has 2 heterocycles. The second-order valence-corrected chi connectivity index (χ2v) is 3.86. The molecule has 1 aliphatic rings. The number of carbonyl (C=O) groups excluding carboxylic acids is 1. The maximum Gasteiger partial charge on any atom is 0.292 e. The Bertz CT molecular complexity index is 357. The number of amides is 1. The third kappa shape index (κ3) is 2.38. The molecule has 6 heteroatoms. The average Bonchev–Trinajstić information content (AvgIpc) is 2.94. The van der Waals surface area contributed by atoms with Crippen LogP contribution in [0.2, 0.25) is 0 Å². The Kier molecular flexibility index (Phi) is 3.51. The predicted molar refractivity (Wildman–Crippen MR) is 56.9 cm³/mol. The van der Waals surface area contributed by atoms with Gasteiger partial charge in [-0.05, 0) is 25.8 Å². The smallest absolute Gasteiger partial charge is 0.292 e. The number of rotatable bonds is 4. The van der Waals surface area contributed by atoms with Crippen LogP contribution in [0.4, 0.5) is 0 Å². The Labute approximate surface area is 93.8 Å². The monoisotopic (exact) mass is 224 g/mol. The molecule has 0 spiro atoms. The van der Waals surface area contributed by atoms with Gasteiger partial charge < -0.3 is 15.2 Å². The van der Waals surface area contributed by atoms with E-state index in [1.165, 1.54) is 0 Å². The molecule has 1 atom stereocenters. The van der Waals surface area contributed by atoms with Crippen molar-refractivity contribution in [3.05, 3.63) is 11.7 Å². The van der Waals surface area contributed by atoms with Crippen LogP contribution < -0.4 is 10.6 Å². The van der Waals surface area contributed by atoms with Gasteiger partial charge >= 0.3 is 0 Å². The minimum Gasteiger partial charge on any atom is -0.349 e. The zero-order valence-corrected chi connectivity index (χ0v) is 9.32. The number of aromatic nitrogens is 2. The van der Waals surface area contributed by atoms with Gasteiger partial charge in [-0.3, -0.25) is 4.79 Å². The first-order chi connectivity index (χ1) is 7.81. The lowest BCUT2D eigenvalue weighted by Crippen LogP contribution is -2.25. The van der Waals surface area contributed by atoms with Gasteiger partial charge in [0.1, 0.15) is 0 Å². The molecule has 16 heavy (non-hydrogen) atoms. The van der Waals surface area contributed by atoms with Gasteiger partial charge in [-0.15, -0.1) is 0 Å². The predicted octanol–water partition coefficient (Wildman–Crippen LogP) is 0.634. The van der Waals surface area contributed by atoms with Gasteiger partial charge in [0.25, 0.3) is 11.7 Å². The fourth-order valence-corrected chi connectivity index (χ4v) is 1.68. The number of carbonyl (C=O) groups is 1. The van der Waals surface area contributed by atoms with E-state index in [9.17, 15) is 4.79 Å². The quantitative estimate of drug-likeness (QED) is 0.784. The van der Waals surface area contributed by atoms with Gasteiger partial charge in [-0.1, -0.05) is 12.1 Å². The fraction of sp³-hybridized carbons (Fsp3) is 0.700. The highest BCUT2D eigenvalue weighted by molar-refractivity contribution is 5.90. The fourth-order valence-electron chi connectivity index (χ4n) is 1.68. The zero-order chi connectivity index (χ0) is 11.4. The SMILES string of the molecule is CCCNC(=O)c1noc(C2CCCN2)n1. The molecule has 1 aromatic rings. The number of hydrogen-bond acceptors (Lipinski definition) is 5. The summed E-state index contributed by atoms with van der Waals surface area (Å²) in [4.78, 5) is 15.6. The molecule has 1 aromatic heterocycles. The van der Waals surface area contributed by atoms with Crippen LogP contribution in [0.5, 0.6) is 0 Å². The van der Waals surface area contributed by atoms with Crippen molar-refractivity contribution in [2.45, 2.75) is 32.2 Å². The molecule has 1 unspecified atom stereocenters. The van der Waals surface area contributed by atoms with E-state index >= 15 is 0 Å². The number of hydrogen-bond donors (Lipinski definition) is 2. The van der Waals surface area contributed by atoms with E-state index in [4.69, 9.17) is 4.52 Å². The van der Waals surface area contributed by atoms with Crippen molar-refractivity contribution >= 4 is 5.91 Å². The van der Waals surface area contributed by atoms with E-state index in [1.807, 2.05) is 6.92 Å². The minimum atomic E-state index is -0.269. The Morgan fingerprint density at radius 1 is 1.69 bits per heavy atom. The van der Waals surface area contributed by atoms with E-state index < -0.39 is 0 Å². The second-order valence-electron chi connectivity index (χ2n) is 3.86. The molecular weight excluding hydrogens is 208 g/mol. The van der Waals surface area contributed by atoms with E-state index in [0.29, 0.717) is 12.4 Å². The summed E-state index contributed by atoms with van der Waals surface area (Å²) in [5.41, 5.74) is 0. The average molecular weight is 224 g/mol. The molecular formula is C10H16N4O2. The van der Waals surface area contributed by atoms with Crippen molar-refractivity contribution in [3.63, 3.8) is 0 Å². The third-order valence-corrected chi connectivity index (χ3v) is 2.54. The number of nitrogens with zero attached hydrogens (tertiary/aromatic N) is 2. The number of nitrogens with one attached hydrogen (secondary N) is 2. The maximum absolute atomic E-state index is 11.5. The van der Waals surface area contributed by atoms with Crippen LogP contribution in [0.1, 0.15) is 48.7 Å². The standard InChI is InChI=1S/C10H16N4O2/c1-2-5-12-9(15)8-13-10(16-14-8)7-4-3-6-11-7/h7,11H,2-6H2,1H3,(H,12,15). The summed E-state index contributed by atoms with van der Waals surface area (Å²) >= 11 is 0. The largest absolute Gasteiger partial charge is 0.349 e. The van der Waals surface area contributed by atoms with Crippen LogP contribution in [-0.2, 0) is 0 Å². The Morgan fingerprint density at radius 3 is 3.25 bits per heavy atom. The summed E-state index contributed by atoms with van der Waals surface area (Å²) < 4.78 is 5.07. The van der Waals surface area contributed by atoms with Gasteiger partial charge in [-0.25, -0.2) is 0 Å². The summed E-state index contributed by atoms with van der Waals surface area (Å²) in [5.74, 6) is 0.367. The van der Waals surface area contributed by atoms with Crippen molar-refractivity contribution < 1.29 is 9.32 Å². The van der Waals surface area contributed by atoms with Gasteiger partial charge in [0.2, 0.25) is 5.89 Å². The maximum atomic E-state index is 11.5. The molecule has 88 valence electrons. The molecule has 0 saturated carbocycles. The van der Waals surface area contributed by atoms with Crippen molar-refractivity contribution in [3.8, 4) is 0 Å². The Balaban J connectivity index is 1.98. The van der Waals surface area contributed by atoms with Crippen molar-refractivity contribution in [1.29, 1.82) is 0 Å². The molecule has 2 rings (SSSR count). The molecule has 0 aliphatic carbocycles. The lowest BCUT2D eigenvalue weighted by molar-refractivity contribution is 0.0940. The second kappa shape index (κ2) is 5.07. The van der Waals surface area contributed by atoms with Crippen LogP contribution >= 0.6 is 0 Å². The molecule has 2 N–H and O–H groups in total. The summed E-state index contributed by atoms with van der Waals surface area (Å²) in [7, 11) is 0. The molecule has 0 aromatic carbocycles. The zero-order valence-electron chi connectivity index (χ0n) is 9.32. The lowest BCUT2D eigenvalue weighted by atomic mass is 10.2. The first-order valence-electron chi connectivity index (χ1n) is 5.66. The first kappa shape index (κ1) is 11.1. The summed E-state index contributed by atoms with van der Waals surface area (Å²) in [6.45, 7) is 3.58. The molecule has 0 bridgehead atoms. The topological polar surface area (TPSA) is 80.0 Å². The van der Waals surface area contributed by atoms with Gasteiger partial charge in [0, 0.05) is 6.54 Å². The molecule has 1 aliphatic heterocycles. The van der Waals surface area contributed by atoms with Crippen molar-refractivity contribution in [2.24, 2.45) is 0 Å². The summed E-state index contributed by atoms with van der Waals surface area (Å²) in [6, 6.07) is 0.111. The van der Waals surface area contributed by atoms with Crippen molar-refractivity contribution in [1.82, 2.24) is 20.8 Å². The van der Waals surface area contributed by atoms with Gasteiger partial charge in [0.05, 0.1) is 6.04 Å². The third-order valence-electron chi connectivity index (χ3n) is 2.54. The van der Waals surface area contributed by atoms with Crippen LogP contribution in [0.25, 0.3) is 0 Å². The summed E-state index contributed by atoms with van der Waals surface area (Å²) in [6.07, 6.45) is 2.98. The minimum absolute atomic E-state index is 0.111. The lowest BCUT2D eigenvalue weighted by Gasteiger charge is -2.01. The normalized spacial score (nSPS) is 19.9. The first-order valence-corrected chi connectivity index (χ1v) is 5.66. The molecule has 1 fully saturated rings. The van der Waals surface area contributed by atoms with E-state index in [2.05, 4.69) is 20.8 Å². The molecule has 1 amide bonds. The van der Waals surface area contributed by atoms with Crippen LogP contribution in [0, 0.1) is 0 Å². The summed E-state index contributed by atoms with van der Waals surface area (Å²) in [5, 5.41) is 9.62. The van der Waals surface area contributed by atoms with E-state index in [-0.39, 0.29) is 17.8 Å². The van der Waals surface area contributed by atoms with Crippen LogP contribution in [0.3, 0.4) is 0 Å². The van der Waals surface area contributed by atoms with Gasteiger partial charge in [-0.2, -0.15) is 4.98 Å². The molecule has 6 nitrogen and oxygen atoms in total. The highest BCUT2D eigenvalue weighted by atomic mass is 16.5. The van der Waals surface area contributed by atoms with E-state index in [1.54, 1.807) is 0 Å². The Hall–Kier alpha value is -1.43.